The smallest absolute Gasteiger partial charge is 0.158 e. The number of hydrogen-bond acceptors (Lipinski definition) is 3. The van der Waals surface area contributed by atoms with E-state index in [4.69, 9.17) is 0 Å². The maximum absolute atomic E-state index is 10.9. The Bertz CT molecular complexity index is 818. The van der Waals surface area contributed by atoms with Crippen molar-refractivity contribution in [1.82, 2.24) is 14.8 Å². The van der Waals surface area contributed by atoms with Crippen LogP contribution < -0.4 is 0 Å². The summed E-state index contributed by atoms with van der Waals surface area (Å²) in [5.74, 6) is 0. The third-order valence-electron chi connectivity index (χ3n) is 3.48. The van der Waals surface area contributed by atoms with Gasteiger partial charge in [0.05, 0.1) is 11.4 Å². The molecule has 0 fully saturated rings. The highest BCUT2D eigenvalue weighted by molar-refractivity contribution is 5.85. The topological polar surface area (TPSA) is 47.8 Å². The van der Waals surface area contributed by atoms with Crippen molar-refractivity contribution in [2.45, 2.75) is 13.8 Å². The number of benzene rings is 1. The molecule has 0 radical (unpaired) electrons. The van der Waals surface area contributed by atoms with Crippen molar-refractivity contribution in [1.29, 1.82) is 0 Å². The summed E-state index contributed by atoms with van der Waals surface area (Å²) in [6.07, 6.45) is 0.850. The van der Waals surface area contributed by atoms with Crippen LogP contribution in [0.1, 0.15) is 21.6 Å². The second-order valence-electron chi connectivity index (χ2n) is 4.98. The van der Waals surface area contributed by atoms with Gasteiger partial charge in [0.1, 0.15) is 6.29 Å². The lowest BCUT2D eigenvalue weighted by atomic mass is 10.0. The zero-order valence-electron chi connectivity index (χ0n) is 11.7. The van der Waals surface area contributed by atoms with Gasteiger partial charge in [-0.05, 0) is 31.5 Å². The molecule has 0 unspecified atom stereocenters. The molecule has 0 saturated heterocycles. The average Bonchev–Trinajstić information content (AvgIpc) is 2.74. The molecule has 0 N–H and O–H groups in total. The lowest BCUT2D eigenvalue weighted by Gasteiger charge is -2.05. The fraction of sp³-hybridized carbons (Fsp3) is 0.188. The lowest BCUT2D eigenvalue weighted by Crippen LogP contribution is -1.94. The van der Waals surface area contributed by atoms with Crippen molar-refractivity contribution < 1.29 is 4.79 Å². The molecule has 1 aromatic carbocycles. The molecule has 2 aromatic heterocycles. The number of fused-ring (bicyclic) bond motifs is 1. The van der Waals surface area contributed by atoms with Gasteiger partial charge in [-0.25, -0.2) is 4.98 Å². The summed E-state index contributed by atoms with van der Waals surface area (Å²) in [6, 6.07) is 9.51. The van der Waals surface area contributed by atoms with Crippen molar-refractivity contribution in [3.05, 3.63) is 47.2 Å². The van der Waals surface area contributed by atoms with Gasteiger partial charge < -0.3 is 0 Å². The molecule has 4 nitrogen and oxygen atoms in total. The van der Waals surface area contributed by atoms with Crippen molar-refractivity contribution >= 4 is 17.3 Å². The van der Waals surface area contributed by atoms with Crippen LogP contribution in [0.25, 0.3) is 22.3 Å². The summed E-state index contributed by atoms with van der Waals surface area (Å²) in [5.41, 5.74) is 5.46. The Labute approximate surface area is 117 Å². The molecule has 2 heterocycles. The molecule has 0 bridgehead atoms. The molecule has 100 valence electrons. The van der Waals surface area contributed by atoms with Gasteiger partial charge in [-0.2, -0.15) is 5.10 Å². The first-order valence-electron chi connectivity index (χ1n) is 6.46. The van der Waals surface area contributed by atoms with E-state index in [0.29, 0.717) is 5.56 Å². The molecular formula is C16H15N3O. The Morgan fingerprint density at radius 1 is 1.20 bits per heavy atom. The van der Waals surface area contributed by atoms with Crippen LogP contribution in [0.5, 0.6) is 0 Å². The highest BCUT2D eigenvalue weighted by Gasteiger charge is 2.12. The fourth-order valence-corrected chi connectivity index (χ4v) is 2.58. The fourth-order valence-electron chi connectivity index (χ4n) is 2.58. The number of aldehydes is 1. The number of rotatable bonds is 2. The van der Waals surface area contributed by atoms with E-state index in [2.05, 4.69) is 17.0 Å². The molecule has 0 amide bonds. The Morgan fingerprint density at radius 3 is 2.75 bits per heavy atom. The van der Waals surface area contributed by atoms with Crippen LogP contribution in [-0.4, -0.2) is 21.1 Å². The second kappa shape index (κ2) is 4.56. The summed E-state index contributed by atoms with van der Waals surface area (Å²) in [5, 5.41) is 5.52. The largest absolute Gasteiger partial charge is 0.298 e. The highest BCUT2D eigenvalue weighted by Crippen LogP contribution is 2.26. The van der Waals surface area contributed by atoms with Gasteiger partial charge in [0.25, 0.3) is 0 Å². The molecule has 3 aromatic rings. The van der Waals surface area contributed by atoms with Crippen LogP contribution in [-0.2, 0) is 7.05 Å². The normalized spacial score (nSPS) is 10.9. The Morgan fingerprint density at radius 2 is 2.00 bits per heavy atom. The van der Waals surface area contributed by atoms with Crippen molar-refractivity contribution in [2.24, 2.45) is 7.05 Å². The molecule has 0 atom stereocenters. The zero-order valence-corrected chi connectivity index (χ0v) is 11.7. The second-order valence-corrected chi connectivity index (χ2v) is 4.98. The molecule has 0 aliphatic heterocycles. The Hall–Kier alpha value is -2.49. The number of nitrogens with zero attached hydrogens (tertiary/aromatic N) is 3. The SMILES string of the molecule is Cc1cc(-c2cccc(C=O)c2)nc2c1c(C)nn2C. The lowest BCUT2D eigenvalue weighted by molar-refractivity contribution is 0.112. The number of carbonyl (C=O) groups is 1. The maximum atomic E-state index is 10.9. The van der Waals surface area contributed by atoms with Crippen molar-refractivity contribution in [2.75, 3.05) is 0 Å². The molecular weight excluding hydrogens is 250 g/mol. The summed E-state index contributed by atoms with van der Waals surface area (Å²) >= 11 is 0. The number of aryl methyl sites for hydroxylation is 3. The zero-order chi connectivity index (χ0) is 14.3. The average molecular weight is 265 g/mol. The van der Waals surface area contributed by atoms with Gasteiger partial charge in [-0.3, -0.25) is 9.48 Å². The van der Waals surface area contributed by atoms with Gasteiger partial charge in [-0.15, -0.1) is 0 Å². The van der Waals surface area contributed by atoms with Crippen LogP contribution in [0.3, 0.4) is 0 Å². The number of carbonyl (C=O) groups excluding carboxylic acids is 1. The molecule has 0 spiro atoms. The van der Waals surface area contributed by atoms with E-state index in [1.165, 1.54) is 0 Å². The Kier molecular flexibility index (Phi) is 2.86. The minimum Gasteiger partial charge on any atom is -0.298 e. The standard InChI is InChI=1S/C16H15N3O/c1-10-7-14(13-6-4-5-12(8-13)9-20)17-16-15(10)11(2)18-19(16)3/h4-9H,1-3H3. The van der Waals surface area contributed by atoms with E-state index in [-0.39, 0.29) is 0 Å². The molecule has 0 saturated carbocycles. The van der Waals surface area contributed by atoms with Crippen LogP contribution in [0.2, 0.25) is 0 Å². The van der Waals surface area contributed by atoms with Crippen LogP contribution in [0, 0.1) is 13.8 Å². The quantitative estimate of drug-likeness (QED) is 0.669. The first-order chi connectivity index (χ1) is 9.60. The molecule has 20 heavy (non-hydrogen) atoms. The van der Waals surface area contributed by atoms with Gasteiger partial charge in [0.2, 0.25) is 0 Å². The molecule has 0 aliphatic carbocycles. The van der Waals surface area contributed by atoms with E-state index in [1.54, 1.807) is 10.7 Å². The monoisotopic (exact) mass is 265 g/mol. The summed E-state index contributed by atoms with van der Waals surface area (Å²) < 4.78 is 1.80. The van der Waals surface area contributed by atoms with Gasteiger partial charge in [0, 0.05) is 23.6 Å². The highest BCUT2D eigenvalue weighted by atomic mass is 16.1. The minimum absolute atomic E-state index is 0.656. The third-order valence-corrected chi connectivity index (χ3v) is 3.48. The number of aromatic nitrogens is 3. The van der Waals surface area contributed by atoms with E-state index in [9.17, 15) is 4.79 Å². The molecule has 3 rings (SSSR count). The van der Waals surface area contributed by atoms with Gasteiger partial charge in [-0.1, -0.05) is 18.2 Å². The summed E-state index contributed by atoms with van der Waals surface area (Å²) in [6.45, 7) is 4.05. The van der Waals surface area contributed by atoms with E-state index in [1.807, 2.05) is 38.2 Å². The predicted molar refractivity (Wildman–Crippen MR) is 78.8 cm³/mol. The first-order valence-corrected chi connectivity index (χ1v) is 6.46. The van der Waals surface area contributed by atoms with Crippen molar-refractivity contribution in [3.8, 4) is 11.3 Å². The summed E-state index contributed by atoms with van der Waals surface area (Å²) in [7, 11) is 1.90. The Balaban J connectivity index is 2.26. The van der Waals surface area contributed by atoms with E-state index in [0.717, 1.165) is 39.8 Å². The molecule has 0 aliphatic rings. The van der Waals surface area contributed by atoms with Crippen LogP contribution in [0.15, 0.2) is 30.3 Å². The number of pyridine rings is 1. The van der Waals surface area contributed by atoms with Gasteiger partial charge in [0.15, 0.2) is 5.65 Å². The van der Waals surface area contributed by atoms with Crippen LogP contribution in [0.4, 0.5) is 0 Å². The molecule has 4 heteroatoms. The maximum Gasteiger partial charge on any atom is 0.158 e. The first kappa shape index (κ1) is 12.5. The van der Waals surface area contributed by atoms with Crippen LogP contribution >= 0.6 is 0 Å². The van der Waals surface area contributed by atoms with E-state index < -0.39 is 0 Å². The minimum atomic E-state index is 0.656. The van der Waals surface area contributed by atoms with E-state index >= 15 is 0 Å². The third kappa shape index (κ3) is 1.90. The predicted octanol–water partition coefficient (Wildman–Crippen LogP) is 3.06. The summed E-state index contributed by atoms with van der Waals surface area (Å²) in [4.78, 5) is 15.6. The van der Waals surface area contributed by atoms with Crippen molar-refractivity contribution in [3.63, 3.8) is 0 Å². The van der Waals surface area contributed by atoms with Gasteiger partial charge >= 0.3 is 0 Å². The number of hydrogen-bond donors (Lipinski definition) is 0.